The number of hydrogen-bond acceptors (Lipinski definition) is 2. The average Bonchev–Trinajstić information content (AvgIpc) is 2.15. The minimum absolute atomic E-state index is 0.154. The molecule has 3 heteroatoms. The lowest BCUT2D eigenvalue weighted by atomic mass is 9.87. The van der Waals surface area contributed by atoms with Crippen LogP contribution >= 0.6 is 0 Å². The van der Waals surface area contributed by atoms with Crippen molar-refractivity contribution in [3.8, 4) is 0 Å². The molecule has 0 unspecified atom stereocenters. The van der Waals surface area contributed by atoms with E-state index in [1.165, 1.54) is 6.07 Å². The highest BCUT2D eigenvalue weighted by atomic mass is 19.1. The average molecular weight is 208 g/mol. The molecule has 1 aromatic carbocycles. The van der Waals surface area contributed by atoms with E-state index in [1.54, 1.807) is 12.1 Å². The van der Waals surface area contributed by atoms with Gasteiger partial charge in [0, 0.05) is 12.1 Å². The van der Waals surface area contributed by atoms with E-state index in [4.69, 9.17) is 5.73 Å². The molecule has 3 N–H and O–H groups in total. The van der Waals surface area contributed by atoms with Crippen LogP contribution in [0.15, 0.2) is 24.3 Å². The molecule has 1 fully saturated rings. The van der Waals surface area contributed by atoms with Crippen LogP contribution in [0.25, 0.3) is 0 Å². The van der Waals surface area contributed by atoms with E-state index < -0.39 is 0 Å². The molecular weight excluding hydrogens is 191 g/mol. The van der Waals surface area contributed by atoms with Crippen LogP contribution in [0.5, 0.6) is 0 Å². The Morgan fingerprint density at radius 3 is 2.87 bits per heavy atom. The molecule has 1 aliphatic rings. The predicted octanol–water partition coefficient (Wildman–Crippen LogP) is 1.45. The Labute approximate surface area is 89.7 Å². The monoisotopic (exact) mass is 208 g/mol. The number of halogens is 1. The maximum absolute atomic E-state index is 12.8. The summed E-state index contributed by atoms with van der Waals surface area (Å²) < 4.78 is 12.8. The van der Waals surface area contributed by atoms with Crippen LogP contribution in [0, 0.1) is 5.82 Å². The summed E-state index contributed by atoms with van der Waals surface area (Å²) in [6.45, 7) is 0.904. The minimum atomic E-state index is -0.154. The third kappa shape index (κ3) is 3.01. The Morgan fingerprint density at radius 1 is 1.40 bits per heavy atom. The lowest BCUT2D eigenvalue weighted by Gasteiger charge is -2.33. The van der Waals surface area contributed by atoms with E-state index in [1.807, 2.05) is 6.07 Å². The molecule has 0 bridgehead atoms. The summed E-state index contributed by atoms with van der Waals surface area (Å²) in [6, 6.07) is 7.74. The van der Waals surface area contributed by atoms with Crippen LogP contribution in [0.4, 0.5) is 4.39 Å². The van der Waals surface area contributed by atoms with E-state index in [2.05, 4.69) is 5.32 Å². The van der Waals surface area contributed by atoms with Gasteiger partial charge in [-0.1, -0.05) is 12.1 Å². The van der Waals surface area contributed by atoms with Crippen molar-refractivity contribution in [2.45, 2.75) is 31.3 Å². The molecule has 0 saturated heterocycles. The van der Waals surface area contributed by atoms with Gasteiger partial charge >= 0.3 is 0 Å². The number of nitrogens with one attached hydrogen (secondary N) is 1. The zero-order valence-corrected chi connectivity index (χ0v) is 8.75. The van der Waals surface area contributed by atoms with Gasteiger partial charge in [-0.15, -0.1) is 0 Å². The highest BCUT2D eigenvalue weighted by Gasteiger charge is 2.24. The van der Waals surface area contributed by atoms with Crippen LogP contribution < -0.4 is 11.1 Å². The Balaban J connectivity index is 1.69. The zero-order chi connectivity index (χ0) is 10.7. The SMILES string of the molecule is NC1CC(NCCc2cccc(F)c2)C1. The lowest BCUT2D eigenvalue weighted by molar-refractivity contribution is 0.294. The van der Waals surface area contributed by atoms with Crippen molar-refractivity contribution in [2.24, 2.45) is 5.73 Å². The second-order valence-corrected chi connectivity index (χ2v) is 4.26. The number of benzene rings is 1. The summed E-state index contributed by atoms with van der Waals surface area (Å²) in [5.41, 5.74) is 6.73. The Hall–Kier alpha value is -0.930. The number of nitrogens with two attached hydrogens (primary N) is 1. The van der Waals surface area contributed by atoms with Gasteiger partial charge in [0.15, 0.2) is 0 Å². The molecule has 1 aromatic rings. The third-order valence-electron chi connectivity index (χ3n) is 2.91. The summed E-state index contributed by atoms with van der Waals surface area (Å²) in [5.74, 6) is -0.154. The van der Waals surface area contributed by atoms with Crippen molar-refractivity contribution in [1.29, 1.82) is 0 Å². The van der Waals surface area contributed by atoms with E-state index in [9.17, 15) is 4.39 Å². The van der Waals surface area contributed by atoms with Crippen molar-refractivity contribution < 1.29 is 4.39 Å². The first-order valence-electron chi connectivity index (χ1n) is 5.47. The van der Waals surface area contributed by atoms with Gasteiger partial charge < -0.3 is 11.1 Å². The van der Waals surface area contributed by atoms with Crippen LogP contribution in [0.2, 0.25) is 0 Å². The van der Waals surface area contributed by atoms with Crippen LogP contribution in [-0.2, 0) is 6.42 Å². The molecule has 0 atom stereocenters. The summed E-state index contributed by atoms with van der Waals surface area (Å²) in [7, 11) is 0. The van der Waals surface area contributed by atoms with Gasteiger partial charge in [-0.3, -0.25) is 0 Å². The summed E-state index contributed by atoms with van der Waals surface area (Å²) in [5, 5.41) is 3.41. The van der Waals surface area contributed by atoms with E-state index in [0.29, 0.717) is 12.1 Å². The van der Waals surface area contributed by atoms with Crippen LogP contribution in [-0.4, -0.2) is 18.6 Å². The van der Waals surface area contributed by atoms with Gasteiger partial charge in [0.05, 0.1) is 0 Å². The number of hydrogen-bond donors (Lipinski definition) is 2. The Kier molecular flexibility index (Phi) is 3.34. The smallest absolute Gasteiger partial charge is 0.123 e. The standard InChI is InChI=1S/C12H17FN2/c13-10-3-1-2-9(6-10)4-5-15-12-7-11(14)8-12/h1-3,6,11-12,15H,4-5,7-8,14H2. The second-order valence-electron chi connectivity index (χ2n) is 4.26. The van der Waals surface area contributed by atoms with Crippen molar-refractivity contribution in [1.82, 2.24) is 5.32 Å². The first-order chi connectivity index (χ1) is 7.24. The maximum Gasteiger partial charge on any atom is 0.123 e. The molecule has 0 heterocycles. The topological polar surface area (TPSA) is 38.0 Å². The molecule has 0 spiro atoms. The van der Waals surface area contributed by atoms with Crippen molar-refractivity contribution in [3.05, 3.63) is 35.6 Å². The van der Waals surface area contributed by atoms with Crippen molar-refractivity contribution in [2.75, 3.05) is 6.54 Å². The van der Waals surface area contributed by atoms with Crippen LogP contribution in [0.1, 0.15) is 18.4 Å². The quantitative estimate of drug-likeness (QED) is 0.786. The zero-order valence-electron chi connectivity index (χ0n) is 8.75. The largest absolute Gasteiger partial charge is 0.328 e. The first kappa shape index (κ1) is 10.6. The minimum Gasteiger partial charge on any atom is -0.328 e. The fourth-order valence-electron chi connectivity index (χ4n) is 1.94. The molecule has 0 aromatic heterocycles. The molecule has 1 saturated carbocycles. The fourth-order valence-corrected chi connectivity index (χ4v) is 1.94. The molecule has 0 radical (unpaired) electrons. The molecule has 82 valence electrons. The highest BCUT2D eigenvalue weighted by Crippen LogP contribution is 2.17. The molecule has 2 rings (SSSR count). The molecule has 2 nitrogen and oxygen atoms in total. The maximum atomic E-state index is 12.8. The van der Waals surface area contributed by atoms with Gasteiger partial charge in [-0.05, 0) is 43.5 Å². The molecule has 0 aliphatic heterocycles. The van der Waals surface area contributed by atoms with Gasteiger partial charge in [0.25, 0.3) is 0 Å². The van der Waals surface area contributed by atoms with Crippen molar-refractivity contribution in [3.63, 3.8) is 0 Å². The second kappa shape index (κ2) is 4.73. The van der Waals surface area contributed by atoms with Gasteiger partial charge in [-0.25, -0.2) is 4.39 Å². The van der Waals surface area contributed by atoms with E-state index in [0.717, 1.165) is 31.4 Å². The van der Waals surface area contributed by atoms with Gasteiger partial charge in [-0.2, -0.15) is 0 Å². The Bertz CT molecular complexity index is 321. The predicted molar refractivity (Wildman–Crippen MR) is 59.1 cm³/mol. The van der Waals surface area contributed by atoms with E-state index in [-0.39, 0.29) is 5.82 Å². The van der Waals surface area contributed by atoms with E-state index >= 15 is 0 Å². The summed E-state index contributed by atoms with van der Waals surface area (Å²) in [6.07, 6.45) is 3.02. The summed E-state index contributed by atoms with van der Waals surface area (Å²) >= 11 is 0. The van der Waals surface area contributed by atoms with Gasteiger partial charge in [0.2, 0.25) is 0 Å². The first-order valence-corrected chi connectivity index (χ1v) is 5.47. The summed E-state index contributed by atoms with van der Waals surface area (Å²) in [4.78, 5) is 0. The molecule has 1 aliphatic carbocycles. The molecular formula is C12H17FN2. The molecule has 15 heavy (non-hydrogen) atoms. The van der Waals surface area contributed by atoms with Gasteiger partial charge in [0.1, 0.15) is 5.82 Å². The Morgan fingerprint density at radius 2 is 2.20 bits per heavy atom. The molecule has 0 amide bonds. The van der Waals surface area contributed by atoms with Crippen molar-refractivity contribution >= 4 is 0 Å². The van der Waals surface area contributed by atoms with Crippen LogP contribution in [0.3, 0.4) is 0 Å². The third-order valence-corrected chi connectivity index (χ3v) is 2.91. The highest BCUT2D eigenvalue weighted by molar-refractivity contribution is 5.16. The normalized spacial score (nSPS) is 24.9. The fraction of sp³-hybridized carbons (Fsp3) is 0.500. The number of rotatable bonds is 4. The lowest BCUT2D eigenvalue weighted by Crippen LogP contribution is -2.48.